The van der Waals surface area contributed by atoms with E-state index in [0.29, 0.717) is 12.5 Å². The minimum absolute atomic E-state index is 0. The number of hydrogen-bond donors (Lipinski definition) is 2. The summed E-state index contributed by atoms with van der Waals surface area (Å²) in [7, 11) is 3.48. The number of aromatic nitrogens is 3. The van der Waals surface area contributed by atoms with E-state index in [9.17, 15) is 0 Å². The Morgan fingerprint density at radius 2 is 2.25 bits per heavy atom. The third kappa shape index (κ3) is 5.91. The van der Waals surface area contributed by atoms with Gasteiger partial charge in [-0.15, -0.1) is 24.0 Å². The minimum Gasteiger partial charge on any atom is -0.377 e. The van der Waals surface area contributed by atoms with Crippen molar-refractivity contribution in [3.05, 3.63) is 47.0 Å². The van der Waals surface area contributed by atoms with Crippen LogP contribution in [0.3, 0.4) is 0 Å². The first-order valence-corrected chi connectivity index (χ1v) is 9.54. The van der Waals surface area contributed by atoms with Crippen molar-refractivity contribution in [2.24, 2.45) is 4.99 Å². The van der Waals surface area contributed by atoms with Crippen molar-refractivity contribution in [1.82, 2.24) is 25.4 Å². The molecule has 0 aliphatic carbocycles. The van der Waals surface area contributed by atoms with Gasteiger partial charge in [-0.25, -0.2) is 9.67 Å². The van der Waals surface area contributed by atoms with E-state index in [-0.39, 0.29) is 30.0 Å². The van der Waals surface area contributed by atoms with E-state index in [0.717, 1.165) is 43.5 Å². The number of nitrogens with zero attached hydrogens (tertiary/aromatic N) is 4. The van der Waals surface area contributed by atoms with E-state index in [1.54, 1.807) is 7.11 Å². The van der Waals surface area contributed by atoms with Gasteiger partial charge in [-0.05, 0) is 24.8 Å². The van der Waals surface area contributed by atoms with Crippen molar-refractivity contribution in [2.75, 3.05) is 20.7 Å². The molecule has 0 bridgehead atoms. The van der Waals surface area contributed by atoms with Gasteiger partial charge in [0, 0.05) is 33.2 Å². The average molecular weight is 498 g/mol. The van der Waals surface area contributed by atoms with Crippen LogP contribution in [0.4, 0.5) is 0 Å². The van der Waals surface area contributed by atoms with Gasteiger partial charge in [0.15, 0.2) is 11.8 Å². The van der Waals surface area contributed by atoms with Crippen LogP contribution < -0.4 is 10.6 Å². The SMILES string of the molecule is CN=C(NCC(C)c1cccc(C)c1)NC1CCc2nc(COC)nn2C1.I. The molecule has 1 aromatic heterocycles. The Morgan fingerprint density at radius 3 is 2.96 bits per heavy atom. The van der Waals surface area contributed by atoms with Crippen molar-refractivity contribution >= 4 is 29.9 Å². The number of aliphatic imine (C=N–C) groups is 1. The molecule has 3 rings (SSSR count). The van der Waals surface area contributed by atoms with Gasteiger partial charge in [-0.2, -0.15) is 5.10 Å². The number of fused-ring (bicyclic) bond motifs is 1. The second kappa shape index (κ2) is 10.8. The molecule has 1 aliphatic rings. The summed E-state index contributed by atoms with van der Waals surface area (Å²) in [5.41, 5.74) is 2.63. The van der Waals surface area contributed by atoms with Crippen molar-refractivity contribution in [3.63, 3.8) is 0 Å². The fraction of sp³-hybridized carbons (Fsp3) is 0.550. The first-order chi connectivity index (χ1) is 13.1. The summed E-state index contributed by atoms with van der Waals surface area (Å²) in [6.07, 6.45) is 1.92. The van der Waals surface area contributed by atoms with E-state index >= 15 is 0 Å². The highest BCUT2D eigenvalue weighted by atomic mass is 127. The number of guanidine groups is 1. The van der Waals surface area contributed by atoms with Gasteiger partial charge < -0.3 is 15.4 Å². The molecule has 2 aromatic rings. The highest BCUT2D eigenvalue weighted by molar-refractivity contribution is 14.0. The van der Waals surface area contributed by atoms with E-state index in [2.05, 4.69) is 63.8 Å². The minimum atomic E-state index is 0. The Hall–Kier alpha value is -1.68. The molecular weight excluding hydrogens is 467 g/mol. The summed E-state index contributed by atoms with van der Waals surface area (Å²) in [4.78, 5) is 8.91. The molecule has 0 spiro atoms. The van der Waals surface area contributed by atoms with Gasteiger partial charge >= 0.3 is 0 Å². The summed E-state index contributed by atoms with van der Waals surface area (Å²) in [5.74, 6) is 3.03. The standard InChI is InChI=1S/C20H30N6O.HI/c1-14-6-5-7-16(10-14)15(2)11-22-20(21-3)23-17-8-9-19-24-18(13-27-4)25-26(19)12-17;/h5-7,10,15,17H,8-9,11-13H2,1-4H3,(H2,21,22,23);1H. The monoisotopic (exact) mass is 498 g/mol. The number of nitrogens with one attached hydrogen (secondary N) is 2. The summed E-state index contributed by atoms with van der Waals surface area (Å²) in [6.45, 7) is 6.44. The maximum absolute atomic E-state index is 5.13. The Bertz CT molecular complexity index is 791. The van der Waals surface area contributed by atoms with Crippen LogP contribution in [0.15, 0.2) is 29.3 Å². The average Bonchev–Trinajstić information content (AvgIpc) is 3.06. The zero-order valence-corrected chi connectivity index (χ0v) is 19.4. The number of aryl methyl sites for hydroxylation is 2. The number of hydrogen-bond acceptors (Lipinski definition) is 4. The summed E-state index contributed by atoms with van der Waals surface area (Å²) >= 11 is 0. The molecule has 0 radical (unpaired) electrons. The maximum atomic E-state index is 5.13. The molecule has 0 fully saturated rings. The van der Waals surface area contributed by atoms with Gasteiger partial charge in [0.05, 0.1) is 6.54 Å². The fourth-order valence-electron chi connectivity index (χ4n) is 3.40. The van der Waals surface area contributed by atoms with Crippen LogP contribution in [0.5, 0.6) is 0 Å². The van der Waals surface area contributed by atoms with Crippen LogP contribution in [0, 0.1) is 6.92 Å². The first-order valence-electron chi connectivity index (χ1n) is 9.54. The molecule has 0 amide bonds. The fourth-order valence-corrected chi connectivity index (χ4v) is 3.40. The molecule has 1 aliphatic heterocycles. The van der Waals surface area contributed by atoms with Crippen molar-refractivity contribution < 1.29 is 4.74 Å². The summed E-state index contributed by atoms with van der Waals surface area (Å²) < 4.78 is 7.11. The number of rotatable bonds is 6. The predicted octanol–water partition coefficient (Wildman–Crippen LogP) is 2.63. The molecule has 8 heteroatoms. The summed E-state index contributed by atoms with van der Waals surface area (Å²) in [5, 5.41) is 11.5. The third-order valence-corrected chi connectivity index (χ3v) is 4.93. The highest BCUT2D eigenvalue weighted by Gasteiger charge is 2.22. The first kappa shape index (κ1) is 22.6. The van der Waals surface area contributed by atoms with Crippen LogP contribution in [0.2, 0.25) is 0 Å². The molecule has 2 unspecified atom stereocenters. The Labute approximate surface area is 184 Å². The molecule has 2 N–H and O–H groups in total. The smallest absolute Gasteiger partial charge is 0.191 e. The second-order valence-electron chi connectivity index (χ2n) is 7.21. The number of methoxy groups -OCH3 is 1. The molecule has 1 aromatic carbocycles. The molecular formula is C20H31IN6O. The number of benzene rings is 1. The molecule has 0 saturated carbocycles. The van der Waals surface area contributed by atoms with Gasteiger partial charge in [0.2, 0.25) is 0 Å². The third-order valence-electron chi connectivity index (χ3n) is 4.93. The quantitative estimate of drug-likeness (QED) is 0.364. The lowest BCUT2D eigenvalue weighted by molar-refractivity contribution is 0.177. The number of halogens is 1. The topological polar surface area (TPSA) is 76.4 Å². The lowest BCUT2D eigenvalue weighted by atomic mass is 9.99. The van der Waals surface area contributed by atoms with Crippen LogP contribution in [0.25, 0.3) is 0 Å². The zero-order chi connectivity index (χ0) is 19.2. The van der Waals surface area contributed by atoms with Gasteiger partial charge in [-0.3, -0.25) is 4.99 Å². The van der Waals surface area contributed by atoms with Gasteiger partial charge in [-0.1, -0.05) is 36.8 Å². The molecule has 0 saturated heterocycles. The maximum Gasteiger partial charge on any atom is 0.191 e. The van der Waals surface area contributed by atoms with Crippen molar-refractivity contribution in [1.29, 1.82) is 0 Å². The van der Waals surface area contributed by atoms with Gasteiger partial charge in [0.25, 0.3) is 0 Å². The highest BCUT2D eigenvalue weighted by Crippen LogP contribution is 2.16. The Balaban J connectivity index is 0.00000280. The van der Waals surface area contributed by atoms with Gasteiger partial charge in [0.1, 0.15) is 12.4 Å². The Kier molecular flexibility index (Phi) is 8.68. The largest absolute Gasteiger partial charge is 0.377 e. The summed E-state index contributed by atoms with van der Waals surface area (Å²) in [6, 6.07) is 8.96. The van der Waals surface area contributed by atoms with Crippen LogP contribution in [-0.4, -0.2) is 47.5 Å². The normalized spacial score (nSPS) is 17.4. The lowest BCUT2D eigenvalue weighted by Gasteiger charge is -2.26. The zero-order valence-electron chi connectivity index (χ0n) is 17.1. The van der Waals surface area contributed by atoms with Crippen LogP contribution in [0.1, 0.15) is 42.0 Å². The second-order valence-corrected chi connectivity index (χ2v) is 7.21. The van der Waals surface area contributed by atoms with E-state index in [1.807, 2.05) is 11.7 Å². The van der Waals surface area contributed by atoms with Crippen LogP contribution in [-0.2, 0) is 24.3 Å². The molecule has 28 heavy (non-hydrogen) atoms. The van der Waals surface area contributed by atoms with Crippen LogP contribution >= 0.6 is 24.0 Å². The molecule has 154 valence electrons. The van der Waals surface area contributed by atoms with Crippen molar-refractivity contribution in [3.8, 4) is 0 Å². The van der Waals surface area contributed by atoms with E-state index in [1.165, 1.54) is 11.1 Å². The number of ether oxygens (including phenoxy) is 1. The lowest BCUT2D eigenvalue weighted by Crippen LogP contribution is -2.47. The van der Waals surface area contributed by atoms with E-state index in [4.69, 9.17) is 4.74 Å². The Morgan fingerprint density at radius 1 is 1.43 bits per heavy atom. The molecule has 7 nitrogen and oxygen atoms in total. The molecule has 2 heterocycles. The van der Waals surface area contributed by atoms with Crippen molar-refractivity contribution in [2.45, 2.75) is 51.8 Å². The predicted molar refractivity (Wildman–Crippen MR) is 122 cm³/mol. The van der Waals surface area contributed by atoms with E-state index < -0.39 is 0 Å². The molecule has 2 atom stereocenters.